The van der Waals surface area contributed by atoms with Crippen molar-refractivity contribution in [2.24, 2.45) is 0 Å². The molecule has 0 aromatic carbocycles. The van der Waals surface area contributed by atoms with Crippen LogP contribution < -0.4 is 4.90 Å². The lowest BCUT2D eigenvalue weighted by Crippen LogP contribution is -2.55. The largest absolute Gasteiger partial charge is 0.478 e. The first-order valence-electron chi connectivity index (χ1n) is 7.35. The van der Waals surface area contributed by atoms with Crippen molar-refractivity contribution >= 4 is 11.8 Å². The molecule has 108 valence electrons. The van der Waals surface area contributed by atoms with Crippen LogP contribution in [0.5, 0.6) is 0 Å². The summed E-state index contributed by atoms with van der Waals surface area (Å²) in [6.45, 7) is 6.08. The predicted molar refractivity (Wildman–Crippen MR) is 77.4 cm³/mol. The summed E-state index contributed by atoms with van der Waals surface area (Å²) in [6.07, 6.45) is 3.91. The van der Waals surface area contributed by atoms with Crippen LogP contribution in [0.3, 0.4) is 0 Å². The van der Waals surface area contributed by atoms with Crippen LogP contribution in [0.15, 0.2) is 12.1 Å². The summed E-state index contributed by atoms with van der Waals surface area (Å²) in [5, 5.41) is 9.06. The van der Waals surface area contributed by atoms with Crippen molar-refractivity contribution in [2.75, 3.05) is 31.1 Å². The molecule has 2 aliphatic rings. The van der Waals surface area contributed by atoms with Crippen LogP contribution in [0.4, 0.5) is 5.82 Å². The number of carboxylic acid groups (broad SMARTS) is 1. The molecule has 5 heteroatoms. The number of aromatic carboxylic acids is 1. The van der Waals surface area contributed by atoms with Crippen molar-refractivity contribution in [3.05, 3.63) is 23.4 Å². The number of hydrogen-bond donors (Lipinski definition) is 1. The molecule has 1 atom stereocenters. The molecule has 1 aromatic rings. The third-order valence-corrected chi connectivity index (χ3v) is 4.46. The molecule has 0 bridgehead atoms. The van der Waals surface area contributed by atoms with E-state index in [4.69, 9.17) is 5.11 Å². The number of aryl methyl sites for hydroxylation is 1. The van der Waals surface area contributed by atoms with Gasteiger partial charge in [-0.15, -0.1) is 0 Å². The first-order valence-corrected chi connectivity index (χ1v) is 7.35. The first kappa shape index (κ1) is 13.4. The molecule has 0 spiro atoms. The number of carbonyl (C=O) groups is 1. The Morgan fingerprint density at radius 3 is 2.90 bits per heavy atom. The Morgan fingerprint density at radius 2 is 2.15 bits per heavy atom. The molecular weight excluding hydrogens is 254 g/mol. The number of hydrogen-bond acceptors (Lipinski definition) is 4. The molecule has 3 rings (SSSR count). The van der Waals surface area contributed by atoms with Crippen LogP contribution >= 0.6 is 0 Å². The fourth-order valence-electron chi connectivity index (χ4n) is 3.31. The van der Waals surface area contributed by atoms with Gasteiger partial charge in [0.1, 0.15) is 5.82 Å². The second-order valence-corrected chi connectivity index (χ2v) is 5.74. The Balaban J connectivity index is 1.76. The normalized spacial score (nSPS) is 23.4. The van der Waals surface area contributed by atoms with Gasteiger partial charge < -0.3 is 10.0 Å². The van der Waals surface area contributed by atoms with Crippen LogP contribution in [0.2, 0.25) is 0 Å². The van der Waals surface area contributed by atoms with E-state index in [0.717, 1.165) is 25.5 Å². The van der Waals surface area contributed by atoms with E-state index in [1.54, 1.807) is 13.0 Å². The van der Waals surface area contributed by atoms with Gasteiger partial charge in [-0.2, -0.15) is 0 Å². The summed E-state index contributed by atoms with van der Waals surface area (Å²) < 4.78 is 0. The zero-order valence-electron chi connectivity index (χ0n) is 11.9. The van der Waals surface area contributed by atoms with Gasteiger partial charge in [-0.1, -0.05) is 6.42 Å². The van der Waals surface area contributed by atoms with Gasteiger partial charge in [0, 0.05) is 25.7 Å². The Bertz CT molecular complexity index is 518. The van der Waals surface area contributed by atoms with Crippen molar-refractivity contribution < 1.29 is 9.90 Å². The zero-order chi connectivity index (χ0) is 14.1. The summed E-state index contributed by atoms with van der Waals surface area (Å²) in [4.78, 5) is 20.4. The minimum atomic E-state index is -0.904. The highest BCUT2D eigenvalue weighted by atomic mass is 16.4. The number of anilines is 1. The average molecular weight is 275 g/mol. The topological polar surface area (TPSA) is 56.7 Å². The van der Waals surface area contributed by atoms with Gasteiger partial charge >= 0.3 is 5.97 Å². The third kappa shape index (κ3) is 2.50. The highest BCUT2D eigenvalue weighted by molar-refractivity contribution is 5.89. The highest BCUT2D eigenvalue weighted by Gasteiger charge is 2.29. The van der Waals surface area contributed by atoms with Crippen LogP contribution in [-0.4, -0.2) is 53.2 Å². The summed E-state index contributed by atoms with van der Waals surface area (Å²) in [6, 6.07) is 4.15. The van der Waals surface area contributed by atoms with Crippen molar-refractivity contribution in [3.63, 3.8) is 0 Å². The van der Waals surface area contributed by atoms with Gasteiger partial charge in [0.25, 0.3) is 0 Å². The fraction of sp³-hybridized carbons (Fsp3) is 0.600. The van der Waals surface area contributed by atoms with Crippen LogP contribution in [0.25, 0.3) is 0 Å². The molecule has 1 unspecified atom stereocenters. The SMILES string of the molecule is Cc1nc(N2CCN3CCCCC3C2)ccc1C(=O)O. The molecule has 5 nitrogen and oxygen atoms in total. The van der Waals surface area contributed by atoms with E-state index in [1.165, 1.54) is 25.8 Å². The maximum absolute atomic E-state index is 11.0. The van der Waals surface area contributed by atoms with Crippen molar-refractivity contribution in [1.29, 1.82) is 0 Å². The molecular formula is C15H21N3O2. The highest BCUT2D eigenvalue weighted by Crippen LogP contribution is 2.24. The van der Waals surface area contributed by atoms with E-state index in [9.17, 15) is 4.79 Å². The lowest BCUT2D eigenvalue weighted by Gasteiger charge is -2.44. The molecule has 0 aliphatic carbocycles. The molecule has 2 saturated heterocycles. The molecule has 0 radical (unpaired) electrons. The molecule has 0 amide bonds. The molecule has 1 N–H and O–H groups in total. The van der Waals surface area contributed by atoms with Crippen molar-refractivity contribution in [2.45, 2.75) is 32.2 Å². The molecule has 2 aliphatic heterocycles. The van der Waals surface area contributed by atoms with Gasteiger partial charge in [0.2, 0.25) is 0 Å². The fourth-order valence-corrected chi connectivity index (χ4v) is 3.31. The van der Waals surface area contributed by atoms with E-state index < -0.39 is 5.97 Å². The van der Waals surface area contributed by atoms with E-state index in [2.05, 4.69) is 14.8 Å². The van der Waals surface area contributed by atoms with Crippen LogP contribution in [0.1, 0.15) is 35.3 Å². The molecule has 1 aromatic heterocycles. The molecule has 0 saturated carbocycles. The van der Waals surface area contributed by atoms with Gasteiger partial charge in [0.15, 0.2) is 0 Å². The van der Waals surface area contributed by atoms with Gasteiger partial charge in [0.05, 0.1) is 11.3 Å². The third-order valence-electron chi connectivity index (χ3n) is 4.46. The second kappa shape index (κ2) is 5.40. The monoisotopic (exact) mass is 275 g/mol. The zero-order valence-corrected chi connectivity index (χ0v) is 11.9. The summed E-state index contributed by atoms with van der Waals surface area (Å²) in [5.41, 5.74) is 0.895. The summed E-state index contributed by atoms with van der Waals surface area (Å²) in [5.74, 6) is 0.0105. The standard InChI is InChI=1S/C15H21N3O2/c1-11-13(15(19)20)5-6-14(16-11)18-9-8-17-7-3-2-4-12(17)10-18/h5-6,12H,2-4,7-10H2,1H3,(H,19,20). The smallest absolute Gasteiger partial charge is 0.337 e. The quantitative estimate of drug-likeness (QED) is 0.891. The summed E-state index contributed by atoms with van der Waals surface area (Å²) in [7, 11) is 0. The van der Waals surface area contributed by atoms with E-state index in [1.807, 2.05) is 6.07 Å². The maximum Gasteiger partial charge on any atom is 0.337 e. The van der Waals surface area contributed by atoms with Crippen molar-refractivity contribution in [1.82, 2.24) is 9.88 Å². The van der Waals surface area contributed by atoms with E-state index in [-0.39, 0.29) is 0 Å². The number of rotatable bonds is 2. The Morgan fingerprint density at radius 1 is 1.30 bits per heavy atom. The Kier molecular flexibility index (Phi) is 3.61. The minimum Gasteiger partial charge on any atom is -0.478 e. The lowest BCUT2D eigenvalue weighted by atomic mass is 9.99. The number of carboxylic acids is 1. The second-order valence-electron chi connectivity index (χ2n) is 5.74. The Hall–Kier alpha value is -1.62. The molecule has 2 fully saturated rings. The number of nitrogens with zero attached hydrogens (tertiary/aromatic N) is 3. The van der Waals surface area contributed by atoms with Gasteiger partial charge in [-0.3, -0.25) is 4.90 Å². The number of piperidine rings is 1. The maximum atomic E-state index is 11.0. The van der Waals surface area contributed by atoms with Crippen LogP contribution in [-0.2, 0) is 0 Å². The number of aromatic nitrogens is 1. The van der Waals surface area contributed by atoms with E-state index >= 15 is 0 Å². The van der Waals surface area contributed by atoms with Gasteiger partial charge in [-0.25, -0.2) is 9.78 Å². The predicted octanol–water partition coefficient (Wildman–Crippen LogP) is 1.76. The number of fused-ring (bicyclic) bond motifs is 1. The molecule has 20 heavy (non-hydrogen) atoms. The molecule has 3 heterocycles. The van der Waals surface area contributed by atoms with Gasteiger partial charge in [-0.05, 0) is 38.4 Å². The minimum absolute atomic E-state index is 0.296. The average Bonchev–Trinajstić information content (AvgIpc) is 2.46. The Labute approximate surface area is 119 Å². The number of piperazine rings is 1. The summed E-state index contributed by atoms with van der Waals surface area (Å²) >= 11 is 0. The van der Waals surface area contributed by atoms with Crippen molar-refractivity contribution in [3.8, 4) is 0 Å². The van der Waals surface area contributed by atoms with Crippen LogP contribution in [0, 0.1) is 6.92 Å². The number of pyridine rings is 1. The first-order chi connectivity index (χ1) is 9.65. The van der Waals surface area contributed by atoms with E-state index in [0.29, 0.717) is 17.3 Å². The lowest BCUT2D eigenvalue weighted by molar-refractivity contribution is 0.0695.